The van der Waals surface area contributed by atoms with Gasteiger partial charge in [0.25, 0.3) is 0 Å². The lowest BCUT2D eigenvalue weighted by molar-refractivity contribution is 0.376. The number of nitrogens with zero attached hydrogens (tertiary/aromatic N) is 3. The summed E-state index contributed by atoms with van der Waals surface area (Å²) in [7, 11) is 0. The molecule has 0 saturated heterocycles. The number of aromatic nitrogens is 4. The van der Waals surface area contributed by atoms with Crippen LogP contribution < -0.4 is 11.1 Å². The third-order valence-corrected chi connectivity index (χ3v) is 2.99. The molecule has 2 heterocycles. The molecular formula is C11H18N6. The summed E-state index contributed by atoms with van der Waals surface area (Å²) >= 11 is 0. The van der Waals surface area contributed by atoms with Gasteiger partial charge in [0.1, 0.15) is 5.52 Å². The molecule has 17 heavy (non-hydrogen) atoms. The van der Waals surface area contributed by atoms with Crippen molar-refractivity contribution in [2.75, 3.05) is 17.6 Å². The van der Waals surface area contributed by atoms with Crippen LogP contribution in [0.2, 0.25) is 0 Å². The molecule has 0 bridgehead atoms. The van der Waals surface area contributed by atoms with Crippen LogP contribution in [-0.2, 0) is 0 Å². The van der Waals surface area contributed by atoms with Crippen LogP contribution in [0.15, 0.2) is 6.33 Å². The fourth-order valence-corrected chi connectivity index (χ4v) is 1.43. The maximum atomic E-state index is 5.64. The molecule has 0 aliphatic heterocycles. The molecule has 0 aromatic carbocycles. The van der Waals surface area contributed by atoms with Crippen LogP contribution in [0.5, 0.6) is 0 Å². The van der Waals surface area contributed by atoms with E-state index >= 15 is 0 Å². The Morgan fingerprint density at radius 2 is 2.18 bits per heavy atom. The molecule has 0 fully saturated rings. The van der Waals surface area contributed by atoms with Gasteiger partial charge in [-0.15, -0.1) is 0 Å². The van der Waals surface area contributed by atoms with E-state index in [1.807, 2.05) is 0 Å². The van der Waals surface area contributed by atoms with Gasteiger partial charge in [0.15, 0.2) is 11.5 Å². The van der Waals surface area contributed by atoms with E-state index in [-0.39, 0.29) is 11.4 Å². The van der Waals surface area contributed by atoms with Crippen molar-refractivity contribution < 1.29 is 0 Å². The summed E-state index contributed by atoms with van der Waals surface area (Å²) in [5.41, 5.74) is 7.24. The number of imidazole rings is 1. The normalized spacial score (nSPS) is 11.9. The molecule has 2 rings (SSSR count). The Morgan fingerprint density at radius 3 is 2.88 bits per heavy atom. The molecule has 2 aromatic rings. The lowest BCUT2D eigenvalue weighted by Gasteiger charge is -2.23. The smallest absolute Gasteiger partial charge is 0.224 e. The first-order valence-corrected chi connectivity index (χ1v) is 5.72. The Bertz CT molecular complexity index is 516. The van der Waals surface area contributed by atoms with Gasteiger partial charge in [0, 0.05) is 6.54 Å². The maximum Gasteiger partial charge on any atom is 0.224 e. The van der Waals surface area contributed by atoms with Crippen LogP contribution in [0.4, 0.5) is 11.8 Å². The lowest BCUT2D eigenvalue weighted by atomic mass is 9.90. The van der Waals surface area contributed by atoms with Crippen molar-refractivity contribution in [3.05, 3.63) is 6.33 Å². The Labute approximate surface area is 100 Å². The highest BCUT2D eigenvalue weighted by atomic mass is 15.1. The van der Waals surface area contributed by atoms with Gasteiger partial charge >= 0.3 is 0 Å². The summed E-state index contributed by atoms with van der Waals surface area (Å²) in [6, 6.07) is 0. The van der Waals surface area contributed by atoms with Crippen molar-refractivity contribution in [2.24, 2.45) is 5.41 Å². The minimum Gasteiger partial charge on any atom is -0.368 e. The number of hydrogen-bond donors (Lipinski definition) is 3. The highest BCUT2D eigenvalue weighted by molar-refractivity contribution is 5.83. The Kier molecular flexibility index (Phi) is 2.87. The van der Waals surface area contributed by atoms with Gasteiger partial charge in [-0.25, -0.2) is 4.98 Å². The molecular weight excluding hydrogens is 216 g/mol. The number of hydrogen-bond acceptors (Lipinski definition) is 5. The molecule has 0 amide bonds. The van der Waals surface area contributed by atoms with Crippen LogP contribution in [0.25, 0.3) is 11.2 Å². The van der Waals surface area contributed by atoms with Gasteiger partial charge in [-0.2, -0.15) is 9.97 Å². The van der Waals surface area contributed by atoms with E-state index in [0.29, 0.717) is 11.5 Å². The van der Waals surface area contributed by atoms with E-state index < -0.39 is 0 Å². The monoisotopic (exact) mass is 234 g/mol. The zero-order valence-electron chi connectivity index (χ0n) is 10.4. The molecule has 2 aromatic heterocycles. The number of anilines is 2. The van der Waals surface area contributed by atoms with Crippen LogP contribution in [-0.4, -0.2) is 26.5 Å². The van der Waals surface area contributed by atoms with Crippen molar-refractivity contribution in [1.82, 2.24) is 19.9 Å². The highest BCUT2D eigenvalue weighted by Gasteiger charge is 2.16. The predicted octanol–water partition coefficient (Wildman–Crippen LogP) is 1.78. The van der Waals surface area contributed by atoms with Crippen LogP contribution in [0, 0.1) is 5.41 Å². The number of fused-ring (bicyclic) bond motifs is 1. The van der Waals surface area contributed by atoms with Crippen LogP contribution in [0.3, 0.4) is 0 Å². The summed E-state index contributed by atoms with van der Waals surface area (Å²) < 4.78 is 0. The first-order chi connectivity index (χ1) is 8.02. The summed E-state index contributed by atoms with van der Waals surface area (Å²) in [6.45, 7) is 7.40. The quantitative estimate of drug-likeness (QED) is 0.750. The van der Waals surface area contributed by atoms with Gasteiger partial charge in [-0.3, -0.25) is 0 Å². The summed E-state index contributed by atoms with van der Waals surface area (Å²) in [5.74, 6) is 0.952. The first-order valence-electron chi connectivity index (χ1n) is 5.72. The second-order valence-corrected chi connectivity index (χ2v) is 4.90. The van der Waals surface area contributed by atoms with Crippen molar-refractivity contribution in [3.8, 4) is 0 Å². The summed E-state index contributed by atoms with van der Waals surface area (Å²) in [6.07, 6.45) is 2.68. The molecule has 0 spiro atoms. The molecule has 0 atom stereocenters. The molecule has 0 aliphatic carbocycles. The third kappa shape index (κ3) is 2.46. The minimum absolute atomic E-state index is 0.214. The molecule has 6 nitrogen and oxygen atoms in total. The second-order valence-electron chi connectivity index (χ2n) is 4.90. The van der Waals surface area contributed by atoms with Crippen LogP contribution >= 0.6 is 0 Å². The number of nitrogens with two attached hydrogens (primary N) is 1. The average Bonchev–Trinajstić information content (AvgIpc) is 2.73. The topological polar surface area (TPSA) is 92.5 Å². The minimum atomic E-state index is 0.214. The van der Waals surface area contributed by atoms with Gasteiger partial charge in [0.2, 0.25) is 5.95 Å². The fraction of sp³-hybridized carbons (Fsp3) is 0.545. The zero-order valence-corrected chi connectivity index (χ0v) is 10.4. The van der Waals surface area contributed by atoms with E-state index in [9.17, 15) is 0 Å². The number of rotatable bonds is 4. The SMILES string of the molecule is CCC(C)(C)CNc1nc(N)nc2nc[nH]c12. The first kappa shape index (κ1) is 11.6. The van der Waals surface area contributed by atoms with Gasteiger partial charge in [-0.1, -0.05) is 20.8 Å². The van der Waals surface area contributed by atoms with Gasteiger partial charge < -0.3 is 16.0 Å². The van der Waals surface area contributed by atoms with E-state index in [1.54, 1.807) is 6.33 Å². The predicted molar refractivity (Wildman–Crippen MR) is 68.7 cm³/mol. The van der Waals surface area contributed by atoms with Crippen molar-refractivity contribution >= 4 is 22.9 Å². The number of H-pyrrole nitrogens is 1. The molecule has 0 radical (unpaired) electrons. The third-order valence-electron chi connectivity index (χ3n) is 2.99. The average molecular weight is 234 g/mol. The number of aromatic amines is 1. The molecule has 0 saturated carbocycles. The van der Waals surface area contributed by atoms with Gasteiger partial charge in [0.05, 0.1) is 6.33 Å². The number of nitrogen functional groups attached to an aromatic ring is 1. The van der Waals surface area contributed by atoms with Crippen molar-refractivity contribution in [1.29, 1.82) is 0 Å². The Balaban J connectivity index is 2.26. The highest BCUT2D eigenvalue weighted by Crippen LogP contribution is 2.22. The standard InChI is InChI=1S/C11H18N6/c1-4-11(2,3)5-13-8-7-9(15-6-14-7)17-10(12)16-8/h6H,4-5H2,1-3H3,(H4,12,13,14,15,16,17). The van der Waals surface area contributed by atoms with Crippen molar-refractivity contribution in [2.45, 2.75) is 27.2 Å². The summed E-state index contributed by atoms with van der Waals surface area (Å²) in [5, 5.41) is 3.30. The molecule has 92 valence electrons. The molecule has 0 unspecified atom stereocenters. The number of nitrogens with one attached hydrogen (secondary N) is 2. The van der Waals surface area contributed by atoms with Gasteiger partial charge in [-0.05, 0) is 11.8 Å². The lowest BCUT2D eigenvalue weighted by Crippen LogP contribution is -2.22. The fourth-order valence-electron chi connectivity index (χ4n) is 1.43. The second kappa shape index (κ2) is 4.20. The van der Waals surface area contributed by atoms with E-state index in [4.69, 9.17) is 5.73 Å². The van der Waals surface area contributed by atoms with E-state index in [1.165, 1.54) is 0 Å². The van der Waals surface area contributed by atoms with Crippen LogP contribution in [0.1, 0.15) is 27.2 Å². The molecule has 0 aliphatic rings. The van der Waals surface area contributed by atoms with Crippen molar-refractivity contribution in [3.63, 3.8) is 0 Å². The Morgan fingerprint density at radius 1 is 1.41 bits per heavy atom. The largest absolute Gasteiger partial charge is 0.368 e. The van der Waals surface area contributed by atoms with E-state index in [2.05, 4.69) is 46.0 Å². The molecule has 4 N–H and O–H groups in total. The maximum absolute atomic E-state index is 5.64. The Hall–Kier alpha value is -1.85. The zero-order chi connectivity index (χ0) is 12.5. The summed E-state index contributed by atoms with van der Waals surface area (Å²) in [4.78, 5) is 15.3. The van der Waals surface area contributed by atoms with E-state index in [0.717, 1.165) is 18.5 Å². The molecule has 6 heteroatoms.